The van der Waals surface area contributed by atoms with Crippen molar-refractivity contribution in [2.75, 3.05) is 32.8 Å². The monoisotopic (exact) mass is 434 g/mol. The number of nitrogens with one attached hydrogen (secondary N) is 1. The van der Waals surface area contributed by atoms with Crippen LogP contribution in [0.2, 0.25) is 0 Å². The van der Waals surface area contributed by atoms with Crippen molar-refractivity contribution in [2.45, 2.75) is 62.8 Å². The summed E-state index contributed by atoms with van der Waals surface area (Å²) in [5.74, 6) is -0.955. The molecule has 3 atom stereocenters. The molecule has 1 spiro atoms. The van der Waals surface area contributed by atoms with Gasteiger partial charge in [-0.05, 0) is 75.2 Å². The molecule has 1 aromatic carbocycles. The summed E-state index contributed by atoms with van der Waals surface area (Å²) in [4.78, 5) is 16.8. The van der Waals surface area contributed by atoms with Crippen molar-refractivity contribution in [1.29, 1.82) is 0 Å². The minimum Gasteiger partial charge on any atom is -0.370 e. The van der Waals surface area contributed by atoms with E-state index in [0.29, 0.717) is 19.1 Å². The van der Waals surface area contributed by atoms with Crippen molar-refractivity contribution in [3.8, 4) is 0 Å². The fourth-order valence-electron chi connectivity index (χ4n) is 5.53. The first-order valence-corrected chi connectivity index (χ1v) is 11.5. The van der Waals surface area contributed by atoms with Crippen LogP contribution in [0.15, 0.2) is 18.2 Å². The van der Waals surface area contributed by atoms with E-state index in [9.17, 15) is 13.6 Å². The van der Waals surface area contributed by atoms with E-state index >= 15 is 0 Å². The van der Waals surface area contributed by atoms with Crippen molar-refractivity contribution < 1.29 is 18.3 Å². The van der Waals surface area contributed by atoms with Gasteiger partial charge in [-0.1, -0.05) is 0 Å². The number of piperidine rings is 1. The summed E-state index contributed by atoms with van der Waals surface area (Å²) in [7, 11) is 0. The molecule has 3 aliphatic heterocycles. The van der Waals surface area contributed by atoms with Crippen LogP contribution in [0.25, 0.3) is 0 Å². The van der Waals surface area contributed by atoms with E-state index in [-0.39, 0.29) is 29.1 Å². The second-order valence-electron chi connectivity index (χ2n) is 9.90. The van der Waals surface area contributed by atoms with Crippen LogP contribution in [0.1, 0.15) is 50.2 Å². The number of nitrogens with two attached hydrogens (primary N) is 1. The lowest BCUT2D eigenvalue weighted by molar-refractivity contribution is -0.0628. The average molecular weight is 435 g/mol. The molecule has 1 aliphatic carbocycles. The van der Waals surface area contributed by atoms with Crippen LogP contribution in [-0.2, 0) is 4.74 Å². The number of hydrogen-bond donors (Lipinski definition) is 2. The molecule has 3 unspecified atom stereocenters. The largest absolute Gasteiger partial charge is 0.370 e. The van der Waals surface area contributed by atoms with Gasteiger partial charge in [-0.3, -0.25) is 4.90 Å². The van der Waals surface area contributed by atoms with Crippen molar-refractivity contribution in [3.63, 3.8) is 0 Å². The van der Waals surface area contributed by atoms with Gasteiger partial charge in [0, 0.05) is 36.8 Å². The number of halogens is 2. The predicted molar refractivity (Wildman–Crippen MR) is 112 cm³/mol. The third-order valence-electron chi connectivity index (χ3n) is 7.67. The Bertz CT molecular complexity index is 826. The number of carbonyl (C=O) groups is 1. The Morgan fingerprint density at radius 1 is 1.16 bits per heavy atom. The van der Waals surface area contributed by atoms with Crippen molar-refractivity contribution in [1.82, 2.24) is 15.1 Å². The Morgan fingerprint density at radius 2 is 1.90 bits per heavy atom. The predicted octanol–water partition coefficient (Wildman–Crippen LogP) is 2.78. The molecule has 31 heavy (non-hydrogen) atoms. The number of rotatable bonds is 3. The van der Waals surface area contributed by atoms with Gasteiger partial charge < -0.3 is 20.7 Å². The lowest BCUT2D eigenvalue weighted by Crippen LogP contribution is -2.53. The highest BCUT2D eigenvalue weighted by Crippen LogP contribution is 2.42. The van der Waals surface area contributed by atoms with Crippen LogP contribution in [0.4, 0.5) is 13.6 Å². The smallest absolute Gasteiger partial charge is 0.317 e. The topological polar surface area (TPSA) is 70.8 Å². The molecule has 8 heteroatoms. The zero-order chi connectivity index (χ0) is 21.6. The van der Waals surface area contributed by atoms with Gasteiger partial charge in [0.1, 0.15) is 17.7 Å². The quantitative estimate of drug-likeness (QED) is 0.768. The molecule has 6 nitrogen and oxygen atoms in total. The number of hydrogen-bond acceptors (Lipinski definition) is 4. The van der Waals surface area contributed by atoms with Gasteiger partial charge in [0.15, 0.2) is 0 Å². The fourth-order valence-corrected chi connectivity index (χ4v) is 5.53. The van der Waals surface area contributed by atoms with E-state index < -0.39 is 17.7 Å². The summed E-state index contributed by atoms with van der Waals surface area (Å²) in [6, 6.07) is 3.74. The molecule has 0 radical (unpaired) electrons. The number of nitrogens with zero attached hydrogens (tertiary/aromatic N) is 2. The lowest BCUT2D eigenvalue weighted by Gasteiger charge is -2.45. The normalized spacial score (nSPS) is 31.2. The minimum absolute atomic E-state index is 0.101. The Balaban J connectivity index is 1.14. The summed E-state index contributed by atoms with van der Waals surface area (Å²) in [5, 5.41) is 3.10. The molecule has 3 saturated heterocycles. The van der Waals surface area contributed by atoms with E-state index in [1.807, 2.05) is 4.90 Å². The number of carbonyl (C=O) groups excluding carboxylic acids is 1. The van der Waals surface area contributed by atoms with E-state index in [1.54, 1.807) is 0 Å². The minimum atomic E-state index is -0.614. The molecule has 1 saturated carbocycles. The highest BCUT2D eigenvalue weighted by atomic mass is 19.1. The van der Waals surface area contributed by atoms with Gasteiger partial charge in [-0.25, -0.2) is 13.6 Å². The fraction of sp³-hybridized carbons (Fsp3) is 0.696. The summed E-state index contributed by atoms with van der Waals surface area (Å²) >= 11 is 0. The Kier molecular flexibility index (Phi) is 5.65. The van der Waals surface area contributed by atoms with E-state index in [4.69, 9.17) is 10.5 Å². The first-order chi connectivity index (χ1) is 14.9. The zero-order valence-electron chi connectivity index (χ0n) is 17.9. The van der Waals surface area contributed by atoms with Gasteiger partial charge >= 0.3 is 6.03 Å². The van der Waals surface area contributed by atoms with Crippen molar-refractivity contribution in [2.24, 2.45) is 11.1 Å². The highest BCUT2D eigenvalue weighted by molar-refractivity contribution is 5.75. The molecule has 0 bridgehead atoms. The maximum absolute atomic E-state index is 14.2. The van der Waals surface area contributed by atoms with Crippen LogP contribution in [0.5, 0.6) is 0 Å². The molecular formula is C23H32F2N4O2. The van der Waals surface area contributed by atoms with Gasteiger partial charge in [-0.2, -0.15) is 0 Å². The van der Waals surface area contributed by atoms with Gasteiger partial charge in [-0.15, -0.1) is 0 Å². The number of likely N-dealkylation sites (tertiary alicyclic amines) is 2. The third-order valence-corrected chi connectivity index (χ3v) is 7.67. The molecule has 4 aliphatic rings. The third kappa shape index (κ3) is 4.43. The van der Waals surface area contributed by atoms with Gasteiger partial charge in [0.2, 0.25) is 0 Å². The maximum Gasteiger partial charge on any atom is 0.317 e. The van der Waals surface area contributed by atoms with Crippen molar-refractivity contribution >= 4 is 6.03 Å². The lowest BCUT2D eigenvalue weighted by atomic mass is 9.77. The van der Waals surface area contributed by atoms with Crippen LogP contribution >= 0.6 is 0 Å². The van der Waals surface area contributed by atoms with Crippen LogP contribution in [0.3, 0.4) is 0 Å². The summed E-state index contributed by atoms with van der Waals surface area (Å²) in [5.41, 5.74) is 6.78. The molecule has 5 rings (SSSR count). The Labute approximate surface area is 182 Å². The summed E-state index contributed by atoms with van der Waals surface area (Å²) in [6.07, 6.45) is 5.50. The van der Waals surface area contributed by atoms with E-state index in [2.05, 4.69) is 10.2 Å². The summed E-state index contributed by atoms with van der Waals surface area (Å²) < 4.78 is 33.7. The molecule has 4 fully saturated rings. The van der Waals surface area contributed by atoms with Gasteiger partial charge in [0.25, 0.3) is 0 Å². The Morgan fingerprint density at radius 3 is 2.61 bits per heavy atom. The molecule has 3 heterocycles. The standard InChI is InChI=1S/C23H32F2N4O2/c24-15-1-4-19(25)18(11-15)21-20(26)12-17(13-31-21)28-8-5-23(6-9-28)7-10-29(14-23)22(30)27-16-2-3-16/h1,4,11,16-17,20-21H,2-3,5-10,12-14,26H2,(H,27,30). The maximum atomic E-state index is 14.2. The molecule has 0 aromatic heterocycles. The Hall–Kier alpha value is -1.77. The number of ether oxygens (including phenoxy) is 1. The van der Waals surface area contributed by atoms with Gasteiger partial charge in [0.05, 0.1) is 6.61 Å². The zero-order valence-corrected chi connectivity index (χ0v) is 17.9. The second kappa shape index (κ2) is 8.30. The van der Waals surface area contributed by atoms with E-state index in [1.165, 1.54) is 6.07 Å². The average Bonchev–Trinajstić information content (AvgIpc) is 3.48. The SMILES string of the molecule is NC1CC(N2CCC3(CCN(C(=O)NC4CC4)C3)CC2)COC1c1cc(F)ccc1F. The van der Waals surface area contributed by atoms with Crippen LogP contribution in [0, 0.1) is 17.0 Å². The molecular weight excluding hydrogens is 402 g/mol. The molecule has 1 aromatic rings. The number of amides is 2. The molecule has 2 amide bonds. The number of benzene rings is 1. The molecule has 170 valence electrons. The number of urea groups is 1. The summed E-state index contributed by atoms with van der Waals surface area (Å²) in [6.45, 7) is 4.07. The van der Waals surface area contributed by atoms with Crippen LogP contribution in [-0.4, -0.2) is 66.7 Å². The first-order valence-electron chi connectivity index (χ1n) is 11.5. The highest BCUT2D eigenvalue weighted by Gasteiger charge is 2.44. The second-order valence-corrected chi connectivity index (χ2v) is 9.90. The van der Waals surface area contributed by atoms with Crippen molar-refractivity contribution in [3.05, 3.63) is 35.4 Å². The van der Waals surface area contributed by atoms with Crippen LogP contribution < -0.4 is 11.1 Å². The molecule has 3 N–H and O–H groups in total. The first kappa shape index (κ1) is 21.1. The van der Waals surface area contributed by atoms with E-state index in [0.717, 1.165) is 70.4 Å².